The standard InChI is InChI=1S/C28H41NO2S/c1-3-5-7-9-11-21-29(22-12-10-8-6-4-2)25-15-19-27(20-16-25)32-26-17-13-24(14-18-26)23-28(30)31/h13-20H,3-12,21-23H2,1-2H3,(H,30,31). The van der Waals surface area contributed by atoms with Gasteiger partial charge in [-0.05, 0) is 54.8 Å². The fourth-order valence-electron chi connectivity index (χ4n) is 3.89. The highest BCUT2D eigenvalue weighted by Gasteiger charge is 2.08. The Morgan fingerprint density at radius 3 is 1.66 bits per heavy atom. The van der Waals surface area contributed by atoms with Gasteiger partial charge in [0.15, 0.2) is 0 Å². The molecule has 0 spiro atoms. The maximum absolute atomic E-state index is 10.8. The van der Waals surface area contributed by atoms with Gasteiger partial charge in [-0.3, -0.25) is 4.79 Å². The minimum absolute atomic E-state index is 0.0758. The highest BCUT2D eigenvalue weighted by atomic mass is 32.2. The summed E-state index contributed by atoms with van der Waals surface area (Å²) in [6.45, 7) is 6.84. The van der Waals surface area contributed by atoms with Gasteiger partial charge < -0.3 is 10.0 Å². The lowest BCUT2D eigenvalue weighted by Gasteiger charge is -2.25. The number of anilines is 1. The largest absolute Gasteiger partial charge is 0.481 e. The SMILES string of the molecule is CCCCCCCN(CCCCCCC)c1ccc(Sc2ccc(CC(=O)O)cc2)cc1. The van der Waals surface area contributed by atoms with Crippen LogP contribution in [0.5, 0.6) is 0 Å². The zero-order valence-corrected chi connectivity index (χ0v) is 20.8. The molecule has 2 aromatic rings. The number of nitrogens with zero attached hydrogens (tertiary/aromatic N) is 1. The lowest BCUT2D eigenvalue weighted by molar-refractivity contribution is -0.136. The molecule has 0 aromatic heterocycles. The molecular weight excluding hydrogens is 414 g/mol. The smallest absolute Gasteiger partial charge is 0.307 e. The number of hydrogen-bond donors (Lipinski definition) is 1. The molecule has 0 aliphatic carbocycles. The van der Waals surface area contributed by atoms with Gasteiger partial charge >= 0.3 is 5.97 Å². The van der Waals surface area contributed by atoms with Crippen molar-refractivity contribution in [2.24, 2.45) is 0 Å². The van der Waals surface area contributed by atoms with Crippen LogP contribution in [0.2, 0.25) is 0 Å². The van der Waals surface area contributed by atoms with E-state index in [0.717, 1.165) is 23.5 Å². The van der Waals surface area contributed by atoms with Crippen LogP contribution in [-0.4, -0.2) is 24.2 Å². The Balaban J connectivity index is 1.92. The molecule has 0 aliphatic heterocycles. The van der Waals surface area contributed by atoms with Gasteiger partial charge in [-0.2, -0.15) is 0 Å². The van der Waals surface area contributed by atoms with Crippen molar-refractivity contribution in [2.45, 2.75) is 94.3 Å². The summed E-state index contributed by atoms with van der Waals surface area (Å²) in [6, 6.07) is 16.8. The van der Waals surface area contributed by atoms with Gasteiger partial charge in [-0.1, -0.05) is 89.1 Å². The van der Waals surface area contributed by atoms with Crippen LogP contribution in [0.3, 0.4) is 0 Å². The Labute approximate surface area is 199 Å². The first-order valence-electron chi connectivity index (χ1n) is 12.5. The minimum Gasteiger partial charge on any atom is -0.481 e. The summed E-state index contributed by atoms with van der Waals surface area (Å²) in [5.74, 6) is -0.790. The third-order valence-corrected chi connectivity index (χ3v) is 6.80. The van der Waals surface area contributed by atoms with Crippen LogP contribution < -0.4 is 4.90 Å². The Morgan fingerprint density at radius 1 is 0.719 bits per heavy atom. The Bertz CT molecular complexity index is 744. The van der Waals surface area contributed by atoms with E-state index in [1.54, 1.807) is 11.8 Å². The molecule has 0 saturated carbocycles. The molecule has 176 valence electrons. The van der Waals surface area contributed by atoms with E-state index >= 15 is 0 Å². The third-order valence-electron chi connectivity index (χ3n) is 5.78. The van der Waals surface area contributed by atoms with Crippen molar-refractivity contribution >= 4 is 23.4 Å². The van der Waals surface area contributed by atoms with Crippen LogP contribution in [-0.2, 0) is 11.2 Å². The second-order valence-electron chi connectivity index (χ2n) is 8.63. The molecule has 4 heteroatoms. The molecule has 0 fully saturated rings. The molecule has 0 saturated heterocycles. The van der Waals surface area contributed by atoms with Gasteiger partial charge in [0.25, 0.3) is 0 Å². The monoisotopic (exact) mass is 455 g/mol. The second kappa shape index (κ2) is 15.8. The molecule has 0 unspecified atom stereocenters. The predicted octanol–water partition coefficient (Wildman–Crippen LogP) is 8.21. The molecule has 2 rings (SSSR count). The summed E-state index contributed by atoms with van der Waals surface area (Å²) in [5, 5.41) is 8.92. The maximum atomic E-state index is 10.8. The van der Waals surface area contributed by atoms with Crippen LogP contribution in [0.1, 0.15) is 83.6 Å². The van der Waals surface area contributed by atoms with Gasteiger partial charge in [-0.25, -0.2) is 0 Å². The highest BCUT2D eigenvalue weighted by molar-refractivity contribution is 7.99. The Kier molecular flexibility index (Phi) is 13.0. The Hall–Kier alpha value is -1.94. The zero-order chi connectivity index (χ0) is 23.0. The molecule has 2 aromatic carbocycles. The minimum atomic E-state index is -0.790. The van der Waals surface area contributed by atoms with Crippen LogP contribution in [0.25, 0.3) is 0 Å². The topological polar surface area (TPSA) is 40.5 Å². The normalized spacial score (nSPS) is 10.9. The summed E-state index contributed by atoms with van der Waals surface area (Å²) in [5.41, 5.74) is 2.17. The van der Waals surface area contributed by atoms with Crippen molar-refractivity contribution in [3.8, 4) is 0 Å². The number of carbonyl (C=O) groups is 1. The molecular formula is C28H41NO2S. The molecule has 3 nitrogen and oxygen atoms in total. The van der Waals surface area contributed by atoms with Crippen molar-refractivity contribution in [1.82, 2.24) is 0 Å². The first-order valence-corrected chi connectivity index (χ1v) is 13.3. The van der Waals surface area contributed by atoms with Crippen LogP contribution in [0, 0.1) is 0 Å². The van der Waals surface area contributed by atoms with E-state index < -0.39 is 5.97 Å². The first-order chi connectivity index (χ1) is 15.6. The summed E-state index contributed by atoms with van der Waals surface area (Å²) in [7, 11) is 0. The second-order valence-corrected chi connectivity index (χ2v) is 9.77. The maximum Gasteiger partial charge on any atom is 0.307 e. The zero-order valence-electron chi connectivity index (χ0n) is 20.0. The van der Waals surface area contributed by atoms with E-state index in [0.29, 0.717) is 0 Å². The van der Waals surface area contributed by atoms with Crippen LogP contribution >= 0.6 is 11.8 Å². The molecule has 0 radical (unpaired) electrons. The van der Waals surface area contributed by atoms with Crippen molar-refractivity contribution in [2.75, 3.05) is 18.0 Å². The van der Waals surface area contributed by atoms with E-state index in [4.69, 9.17) is 5.11 Å². The van der Waals surface area contributed by atoms with Crippen LogP contribution in [0.4, 0.5) is 5.69 Å². The lowest BCUT2D eigenvalue weighted by Crippen LogP contribution is -2.25. The fourth-order valence-corrected chi connectivity index (χ4v) is 4.71. The van der Waals surface area contributed by atoms with E-state index in [1.807, 2.05) is 24.3 Å². The van der Waals surface area contributed by atoms with Gasteiger partial charge in [0.2, 0.25) is 0 Å². The molecule has 0 atom stereocenters. The molecule has 0 amide bonds. The number of carboxylic acid groups (broad SMARTS) is 1. The number of carboxylic acids is 1. The Morgan fingerprint density at radius 2 is 1.19 bits per heavy atom. The summed E-state index contributed by atoms with van der Waals surface area (Å²) < 4.78 is 0. The van der Waals surface area contributed by atoms with E-state index in [1.165, 1.54) is 74.8 Å². The van der Waals surface area contributed by atoms with Crippen molar-refractivity contribution in [3.05, 3.63) is 54.1 Å². The van der Waals surface area contributed by atoms with Crippen molar-refractivity contribution < 1.29 is 9.90 Å². The quantitative estimate of drug-likeness (QED) is 0.244. The molecule has 1 N–H and O–H groups in total. The number of benzene rings is 2. The average Bonchev–Trinajstić information content (AvgIpc) is 2.79. The van der Waals surface area contributed by atoms with Gasteiger partial charge in [0, 0.05) is 28.6 Å². The van der Waals surface area contributed by atoms with E-state index in [2.05, 4.69) is 43.0 Å². The van der Waals surface area contributed by atoms with Gasteiger partial charge in [0.1, 0.15) is 0 Å². The third kappa shape index (κ3) is 10.6. The fraction of sp³-hybridized carbons (Fsp3) is 0.536. The lowest BCUT2D eigenvalue weighted by atomic mass is 10.1. The number of hydrogen-bond acceptors (Lipinski definition) is 3. The highest BCUT2D eigenvalue weighted by Crippen LogP contribution is 2.30. The summed E-state index contributed by atoms with van der Waals surface area (Å²) in [4.78, 5) is 15.8. The first kappa shape index (κ1) is 26.3. The number of rotatable bonds is 17. The average molecular weight is 456 g/mol. The molecule has 0 bridgehead atoms. The molecule has 0 heterocycles. The van der Waals surface area contributed by atoms with Crippen molar-refractivity contribution in [1.29, 1.82) is 0 Å². The van der Waals surface area contributed by atoms with Crippen LogP contribution in [0.15, 0.2) is 58.3 Å². The van der Waals surface area contributed by atoms with Gasteiger partial charge in [0.05, 0.1) is 6.42 Å². The van der Waals surface area contributed by atoms with E-state index in [-0.39, 0.29) is 6.42 Å². The van der Waals surface area contributed by atoms with Crippen molar-refractivity contribution in [3.63, 3.8) is 0 Å². The van der Waals surface area contributed by atoms with E-state index in [9.17, 15) is 4.79 Å². The van der Waals surface area contributed by atoms with Gasteiger partial charge in [-0.15, -0.1) is 0 Å². The molecule has 32 heavy (non-hydrogen) atoms. The molecule has 0 aliphatic rings. The predicted molar refractivity (Wildman–Crippen MR) is 138 cm³/mol. The number of unbranched alkanes of at least 4 members (excludes halogenated alkanes) is 8. The summed E-state index contributed by atoms with van der Waals surface area (Å²) >= 11 is 1.72. The summed E-state index contributed by atoms with van der Waals surface area (Å²) in [6.07, 6.45) is 13.3. The number of aliphatic carboxylic acids is 1.